The highest BCUT2D eigenvalue weighted by molar-refractivity contribution is 5.02. The molecule has 0 amide bonds. The van der Waals surface area contributed by atoms with Crippen LogP contribution >= 0.6 is 0 Å². The molecule has 0 N–H and O–H groups in total. The Bertz CT molecular complexity index is 368. The van der Waals surface area contributed by atoms with E-state index in [0.717, 1.165) is 30.8 Å². The van der Waals surface area contributed by atoms with E-state index in [1.807, 2.05) is 0 Å². The fourth-order valence-electron chi connectivity index (χ4n) is 4.90. The van der Waals surface area contributed by atoms with Gasteiger partial charge < -0.3 is 4.74 Å². The van der Waals surface area contributed by atoms with Gasteiger partial charge in [-0.2, -0.15) is 0 Å². The highest BCUT2D eigenvalue weighted by Crippen LogP contribution is 2.41. The highest BCUT2D eigenvalue weighted by Gasteiger charge is 2.30. The maximum atomic E-state index is 6.05. The number of hydrogen-bond donors (Lipinski definition) is 0. The SMILES string of the molecule is CC/C=C/C=C/CO[C@H]1CC[C@H](C2CCC(CCCCC)CC2)CC1. The zero-order valence-electron chi connectivity index (χ0n) is 16.9. The van der Waals surface area contributed by atoms with Crippen molar-refractivity contribution in [1.82, 2.24) is 0 Å². The molecule has 0 spiro atoms. The van der Waals surface area contributed by atoms with Crippen LogP contribution in [0, 0.1) is 17.8 Å². The molecular weight excluding hydrogens is 304 g/mol. The summed E-state index contributed by atoms with van der Waals surface area (Å²) in [6.07, 6.45) is 27.4. The second-order valence-electron chi connectivity index (χ2n) is 8.41. The monoisotopic (exact) mass is 346 g/mol. The van der Waals surface area contributed by atoms with Crippen LogP contribution in [0.3, 0.4) is 0 Å². The molecule has 2 rings (SSSR count). The maximum Gasteiger partial charge on any atom is 0.0654 e. The smallest absolute Gasteiger partial charge is 0.0654 e. The Morgan fingerprint density at radius 2 is 1.40 bits per heavy atom. The van der Waals surface area contributed by atoms with E-state index in [1.54, 1.807) is 0 Å². The number of allylic oxidation sites excluding steroid dienone is 3. The van der Waals surface area contributed by atoms with Gasteiger partial charge in [0.2, 0.25) is 0 Å². The zero-order chi connectivity index (χ0) is 17.7. The van der Waals surface area contributed by atoms with Crippen LogP contribution < -0.4 is 0 Å². The van der Waals surface area contributed by atoms with Crippen molar-refractivity contribution in [3.63, 3.8) is 0 Å². The second kappa shape index (κ2) is 12.7. The molecule has 2 saturated carbocycles. The molecule has 0 heterocycles. The third-order valence-corrected chi connectivity index (χ3v) is 6.54. The van der Waals surface area contributed by atoms with Crippen LogP contribution in [0.5, 0.6) is 0 Å². The summed E-state index contributed by atoms with van der Waals surface area (Å²) in [6.45, 7) is 5.27. The Morgan fingerprint density at radius 3 is 2.04 bits per heavy atom. The lowest BCUT2D eigenvalue weighted by atomic mass is 9.70. The quantitative estimate of drug-likeness (QED) is 0.294. The summed E-state index contributed by atoms with van der Waals surface area (Å²) < 4.78 is 6.05. The molecule has 144 valence electrons. The normalized spacial score (nSPS) is 31.1. The lowest BCUT2D eigenvalue weighted by Gasteiger charge is -2.37. The number of ether oxygens (including phenoxy) is 1. The van der Waals surface area contributed by atoms with Gasteiger partial charge in [0.25, 0.3) is 0 Å². The Hall–Kier alpha value is -0.560. The summed E-state index contributed by atoms with van der Waals surface area (Å²) in [6, 6.07) is 0. The topological polar surface area (TPSA) is 9.23 Å². The molecule has 0 atom stereocenters. The van der Waals surface area contributed by atoms with Gasteiger partial charge in [-0.05, 0) is 62.7 Å². The average molecular weight is 347 g/mol. The molecule has 0 aliphatic heterocycles. The summed E-state index contributed by atoms with van der Waals surface area (Å²) in [5.74, 6) is 3.08. The molecule has 0 bridgehead atoms. The molecule has 0 radical (unpaired) electrons. The van der Waals surface area contributed by atoms with Crippen molar-refractivity contribution < 1.29 is 4.74 Å². The van der Waals surface area contributed by atoms with Crippen LogP contribution in [0.4, 0.5) is 0 Å². The Balaban J connectivity index is 1.56. The Morgan fingerprint density at radius 1 is 0.760 bits per heavy atom. The summed E-state index contributed by atoms with van der Waals surface area (Å²) in [4.78, 5) is 0. The van der Waals surface area contributed by atoms with E-state index < -0.39 is 0 Å². The van der Waals surface area contributed by atoms with Crippen LogP contribution in [-0.2, 0) is 4.74 Å². The fourth-order valence-corrected chi connectivity index (χ4v) is 4.90. The predicted molar refractivity (Wildman–Crippen MR) is 110 cm³/mol. The first-order valence-electron chi connectivity index (χ1n) is 11.3. The molecule has 1 nitrogen and oxygen atoms in total. The van der Waals surface area contributed by atoms with Gasteiger partial charge in [-0.25, -0.2) is 0 Å². The first kappa shape index (κ1) is 20.7. The molecular formula is C24H42O. The van der Waals surface area contributed by atoms with Gasteiger partial charge in [0.15, 0.2) is 0 Å². The Labute approximate surface area is 157 Å². The minimum absolute atomic E-state index is 0.515. The third-order valence-electron chi connectivity index (χ3n) is 6.54. The van der Waals surface area contributed by atoms with Crippen molar-refractivity contribution >= 4 is 0 Å². The van der Waals surface area contributed by atoms with Crippen molar-refractivity contribution in [2.24, 2.45) is 17.8 Å². The zero-order valence-corrected chi connectivity index (χ0v) is 16.9. The second-order valence-corrected chi connectivity index (χ2v) is 8.41. The van der Waals surface area contributed by atoms with Gasteiger partial charge in [-0.1, -0.05) is 76.7 Å². The van der Waals surface area contributed by atoms with Gasteiger partial charge in [0.05, 0.1) is 12.7 Å². The van der Waals surface area contributed by atoms with Crippen molar-refractivity contribution in [2.75, 3.05) is 6.61 Å². The molecule has 2 aliphatic rings. The summed E-state index contributed by atoms with van der Waals surface area (Å²) in [5, 5.41) is 0. The molecule has 0 aromatic heterocycles. The summed E-state index contributed by atoms with van der Waals surface area (Å²) in [7, 11) is 0. The largest absolute Gasteiger partial charge is 0.374 e. The standard InChI is InChI=1S/C24H42O/c1-3-5-7-8-10-20-25-24-18-16-23(17-19-24)22-14-12-21(13-15-22)11-9-6-4-2/h5,7-8,10,21-24H,3-4,6,9,11-20H2,1-2H3/b7-5+,10-8+/t21?,22?,23-,24-. The van der Waals surface area contributed by atoms with E-state index in [-0.39, 0.29) is 0 Å². The summed E-state index contributed by atoms with van der Waals surface area (Å²) in [5.41, 5.74) is 0. The van der Waals surface area contributed by atoms with E-state index in [4.69, 9.17) is 4.74 Å². The lowest BCUT2D eigenvalue weighted by molar-refractivity contribution is 0.0210. The Kier molecular flexibility index (Phi) is 10.6. The summed E-state index contributed by atoms with van der Waals surface area (Å²) >= 11 is 0. The van der Waals surface area contributed by atoms with E-state index in [1.165, 1.54) is 77.0 Å². The molecule has 0 unspecified atom stereocenters. The number of unbranched alkanes of at least 4 members (excludes halogenated alkanes) is 2. The van der Waals surface area contributed by atoms with Gasteiger partial charge in [-0.15, -0.1) is 0 Å². The first-order valence-corrected chi connectivity index (χ1v) is 11.3. The van der Waals surface area contributed by atoms with E-state index in [2.05, 4.69) is 38.2 Å². The minimum atomic E-state index is 0.515. The van der Waals surface area contributed by atoms with Crippen LogP contribution in [0.2, 0.25) is 0 Å². The minimum Gasteiger partial charge on any atom is -0.374 e. The van der Waals surface area contributed by atoms with Gasteiger partial charge in [0.1, 0.15) is 0 Å². The van der Waals surface area contributed by atoms with E-state index in [0.29, 0.717) is 6.10 Å². The van der Waals surface area contributed by atoms with Gasteiger partial charge in [0, 0.05) is 0 Å². The van der Waals surface area contributed by atoms with Crippen molar-refractivity contribution in [3.8, 4) is 0 Å². The first-order chi connectivity index (χ1) is 12.3. The van der Waals surface area contributed by atoms with Crippen LogP contribution in [0.15, 0.2) is 24.3 Å². The highest BCUT2D eigenvalue weighted by atomic mass is 16.5. The predicted octanol–water partition coefficient (Wildman–Crippen LogP) is 7.47. The van der Waals surface area contributed by atoms with E-state index >= 15 is 0 Å². The van der Waals surface area contributed by atoms with Gasteiger partial charge >= 0.3 is 0 Å². The van der Waals surface area contributed by atoms with Crippen LogP contribution in [-0.4, -0.2) is 12.7 Å². The fraction of sp³-hybridized carbons (Fsp3) is 0.833. The molecule has 1 heteroatoms. The van der Waals surface area contributed by atoms with Crippen LogP contribution in [0.1, 0.15) is 97.3 Å². The lowest BCUT2D eigenvalue weighted by Crippen LogP contribution is -2.28. The van der Waals surface area contributed by atoms with Gasteiger partial charge in [-0.3, -0.25) is 0 Å². The molecule has 0 aromatic rings. The average Bonchev–Trinajstić information content (AvgIpc) is 2.66. The maximum absolute atomic E-state index is 6.05. The van der Waals surface area contributed by atoms with Crippen LogP contribution in [0.25, 0.3) is 0 Å². The number of hydrogen-bond acceptors (Lipinski definition) is 1. The molecule has 0 aromatic carbocycles. The number of rotatable bonds is 10. The van der Waals surface area contributed by atoms with Crippen molar-refractivity contribution in [1.29, 1.82) is 0 Å². The molecule has 2 aliphatic carbocycles. The van der Waals surface area contributed by atoms with E-state index in [9.17, 15) is 0 Å². The molecule has 0 saturated heterocycles. The molecule has 2 fully saturated rings. The third kappa shape index (κ3) is 8.11. The molecule has 25 heavy (non-hydrogen) atoms. The van der Waals surface area contributed by atoms with Crippen molar-refractivity contribution in [3.05, 3.63) is 24.3 Å². The van der Waals surface area contributed by atoms with Crippen molar-refractivity contribution in [2.45, 2.75) is 103 Å².